The molecular weight excluding hydrogens is 278 g/mol. The molecule has 2 rings (SSSR count). The molecule has 2 aromatic rings. The first-order valence-electron chi connectivity index (χ1n) is 7.70. The first kappa shape index (κ1) is 16.2. The number of likely N-dealkylation sites (N-methyl/N-ethyl adjacent to an activating group) is 1. The summed E-state index contributed by atoms with van der Waals surface area (Å²) in [5.74, 6) is 0.988. The van der Waals surface area contributed by atoms with Crippen LogP contribution in [-0.2, 0) is 17.6 Å². The molecule has 5 heteroatoms. The fraction of sp³-hybridized carbons (Fsp3) is 0.471. The predicted octanol–water partition coefficient (Wildman–Crippen LogP) is 2.71. The van der Waals surface area contributed by atoms with Gasteiger partial charge in [0.1, 0.15) is 5.76 Å². The molecule has 2 aromatic heterocycles. The van der Waals surface area contributed by atoms with Gasteiger partial charge in [0.05, 0.1) is 5.69 Å². The van der Waals surface area contributed by atoms with E-state index in [9.17, 15) is 4.79 Å². The molecule has 0 atom stereocenters. The Morgan fingerprint density at radius 1 is 1.23 bits per heavy atom. The van der Waals surface area contributed by atoms with Gasteiger partial charge in [0.15, 0.2) is 0 Å². The zero-order valence-corrected chi connectivity index (χ0v) is 13.5. The normalized spacial score (nSPS) is 10.7. The first-order valence-corrected chi connectivity index (χ1v) is 7.70. The number of carbonyl (C=O) groups excluding carboxylic acids is 1. The molecule has 0 fully saturated rings. The SMILES string of the molecule is CCN(CCc1ccncc1)C(=O)CCc1c(C)noc1C. The van der Waals surface area contributed by atoms with Crippen LogP contribution in [-0.4, -0.2) is 34.0 Å². The summed E-state index contributed by atoms with van der Waals surface area (Å²) >= 11 is 0. The molecule has 0 spiro atoms. The third-order valence-electron chi connectivity index (χ3n) is 3.92. The number of hydrogen-bond donors (Lipinski definition) is 0. The van der Waals surface area contributed by atoms with Crippen molar-refractivity contribution in [2.24, 2.45) is 0 Å². The molecule has 0 aromatic carbocycles. The van der Waals surface area contributed by atoms with Gasteiger partial charge in [-0.25, -0.2) is 0 Å². The highest BCUT2D eigenvalue weighted by Gasteiger charge is 2.15. The summed E-state index contributed by atoms with van der Waals surface area (Å²) in [4.78, 5) is 18.3. The quantitative estimate of drug-likeness (QED) is 0.789. The van der Waals surface area contributed by atoms with Crippen molar-refractivity contribution in [2.45, 2.75) is 40.0 Å². The lowest BCUT2D eigenvalue weighted by Gasteiger charge is -2.21. The van der Waals surface area contributed by atoms with Gasteiger partial charge in [-0.05, 0) is 51.3 Å². The Hall–Kier alpha value is -2.17. The molecule has 0 saturated carbocycles. The van der Waals surface area contributed by atoms with Crippen LogP contribution < -0.4 is 0 Å². The number of aromatic nitrogens is 2. The summed E-state index contributed by atoms with van der Waals surface area (Å²) in [7, 11) is 0. The van der Waals surface area contributed by atoms with Crippen LogP contribution >= 0.6 is 0 Å². The Labute approximate surface area is 131 Å². The molecule has 22 heavy (non-hydrogen) atoms. The zero-order valence-electron chi connectivity index (χ0n) is 13.5. The second-order valence-corrected chi connectivity index (χ2v) is 5.38. The molecule has 0 saturated heterocycles. The van der Waals surface area contributed by atoms with Gasteiger partial charge in [-0.15, -0.1) is 0 Å². The minimum atomic E-state index is 0.177. The Morgan fingerprint density at radius 2 is 1.95 bits per heavy atom. The van der Waals surface area contributed by atoms with E-state index in [1.165, 1.54) is 5.56 Å². The van der Waals surface area contributed by atoms with Gasteiger partial charge in [0, 0.05) is 37.5 Å². The Morgan fingerprint density at radius 3 is 2.55 bits per heavy atom. The van der Waals surface area contributed by atoms with Crippen LogP contribution in [0.1, 0.15) is 35.9 Å². The number of pyridine rings is 1. The van der Waals surface area contributed by atoms with Gasteiger partial charge in [-0.1, -0.05) is 5.16 Å². The van der Waals surface area contributed by atoms with E-state index < -0.39 is 0 Å². The molecule has 0 aliphatic rings. The molecule has 5 nitrogen and oxygen atoms in total. The van der Waals surface area contributed by atoms with Gasteiger partial charge in [0.25, 0.3) is 0 Å². The second kappa shape index (κ2) is 7.73. The average Bonchev–Trinajstić information content (AvgIpc) is 2.85. The lowest BCUT2D eigenvalue weighted by atomic mass is 10.1. The van der Waals surface area contributed by atoms with Gasteiger partial charge in [0.2, 0.25) is 5.91 Å². The van der Waals surface area contributed by atoms with Crippen molar-refractivity contribution in [3.63, 3.8) is 0 Å². The molecule has 0 unspecified atom stereocenters. The number of hydrogen-bond acceptors (Lipinski definition) is 4. The summed E-state index contributed by atoms with van der Waals surface area (Å²) in [6.45, 7) is 7.28. The van der Waals surface area contributed by atoms with Gasteiger partial charge in [-0.3, -0.25) is 9.78 Å². The van der Waals surface area contributed by atoms with Crippen LogP contribution in [0.3, 0.4) is 0 Å². The van der Waals surface area contributed by atoms with E-state index in [-0.39, 0.29) is 5.91 Å². The van der Waals surface area contributed by atoms with Crippen molar-refractivity contribution in [3.05, 3.63) is 47.1 Å². The minimum Gasteiger partial charge on any atom is -0.361 e. The maximum Gasteiger partial charge on any atom is 0.222 e. The largest absolute Gasteiger partial charge is 0.361 e. The summed E-state index contributed by atoms with van der Waals surface area (Å²) in [5, 5.41) is 3.93. The van der Waals surface area contributed by atoms with Crippen molar-refractivity contribution < 1.29 is 9.32 Å². The second-order valence-electron chi connectivity index (χ2n) is 5.38. The number of amides is 1. The lowest BCUT2D eigenvalue weighted by molar-refractivity contribution is -0.130. The van der Waals surface area contributed by atoms with Crippen molar-refractivity contribution in [1.29, 1.82) is 0 Å². The standard InChI is InChI=1S/C17H23N3O2/c1-4-20(12-9-15-7-10-18-11-8-15)17(21)6-5-16-13(2)19-22-14(16)3/h7-8,10-11H,4-6,9,12H2,1-3H3. The highest BCUT2D eigenvalue weighted by Crippen LogP contribution is 2.15. The van der Waals surface area contributed by atoms with Crippen molar-refractivity contribution >= 4 is 5.91 Å². The number of rotatable bonds is 7. The fourth-order valence-corrected chi connectivity index (χ4v) is 2.52. The van der Waals surface area contributed by atoms with E-state index in [2.05, 4.69) is 10.1 Å². The monoisotopic (exact) mass is 301 g/mol. The number of carbonyl (C=O) groups is 1. The van der Waals surface area contributed by atoms with Crippen molar-refractivity contribution in [1.82, 2.24) is 15.0 Å². The van der Waals surface area contributed by atoms with Crippen molar-refractivity contribution in [2.75, 3.05) is 13.1 Å². The zero-order chi connectivity index (χ0) is 15.9. The topological polar surface area (TPSA) is 59.2 Å². The molecule has 2 heterocycles. The van der Waals surface area contributed by atoms with Crippen LogP contribution in [0.4, 0.5) is 0 Å². The van der Waals surface area contributed by atoms with Crippen LogP contribution in [0.2, 0.25) is 0 Å². The number of nitrogens with zero attached hydrogens (tertiary/aromatic N) is 3. The molecule has 0 N–H and O–H groups in total. The highest BCUT2D eigenvalue weighted by molar-refractivity contribution is 5.76. The molecule has 0 bridgehead atoms. The highest BCUT2D eigenvalue weighted by atomic mass is 16.5. The van der Waals surface area contributed by atoms with Gasteiger partial charge < -0.3 is 9.42 Å². The Kier molecular flexibility index (Phi) is 5.69. The molecule has 0 aliphatic carbocycles. The van der Waals surface area contributed by atoms with Crippen LogP contribution in [0.15, 0.2) is 29.0 Å². The Balaban J connectivity index is 1.86. The predicted molar refractivity (Wildman–Crippen MR) is 84.5 cm³/mol. The average molecular weight is 301 g/mol. The first-order chi connectivity index (χ1) is 10.6. The summed E-state index contributed by atoms with van der Waals surface area (Å²) < 4.78 is 5.14. The maximum absolute atomic E-state index is 12.4. The Bertz CT molecular complexity index is 588. The van der Waals surface area contributed by atoms with Crippen LogP contribution in [0.25, 0.3) is 0 Å². The summed E-state index contributed by atoms with van der Waals surface area (Å²) in [6.07, 6.45) is 5.60. The molecular formula is C17H23N3O2. The molecule has 0 radical (unpaired) electrons. The van der Waals surface area contributed by atoms with E-state index in [0.717, 1.165) is 36.5 Å². The van der Waals surface area contributed by atoms with Gasteiger partial charge >= 0.3 is 0 Å². The summed E-state index contributed by atoms with van der Waals surface area (Å²) in [6, 6.07) is 3.98. The van der Waals surface area contributed by atoms with Crippen LogP contribution in [0, 0.1) is 13.8 Å². The molecule has 0 aliphatic heterocycles. The van der Waals surface area contributed by atoms with E-state index in [0.29, 0.717) is 12.8 Å². The third kappa shape index (κ3) is 4.16. The fourth-order valence-electron chi connectivity index (χ4n) is 2.52. The summed E-state index contributed by atoms with van der Waals surface area (Å²) in [5.41, 5.74) is 3.13. The van der Waals surface area contributed by atoms with E-state index in [1.54, 1.807) is 12.4 Å². The smallest absolute Gasteiger partial charge is 0.222 e. The van der Waals surface area contributed by atoms with E-state index in [1.807, 2.05) is 37.8 Å². The van der Waals surface area contributed by atoms with E-state index in [4.69, 9.17) is 4.52 Å². The van der Waals surface area contributed by atoms with Gasteiger partial charge in [-0.2, -0.15) is 0 Å². The number of aryl methyl sites for hydroxylation is 2. The third-order valence-corrected chi connectivity index (χ3v) is 3.92. The van der Waals surface area contributed by atoms with Crippen molar-refractivity contribution in [3.8, 4) is 0 Å². The molecule has 118 valence electrons. The van der Waals surface area contributed by atoms with Crippen LogP contribution in [0.5, 0.6) is 0 Å². The maximum atomic E-state index is 12.4. The lowest BCUT2D eigenvalue weighted by Crippen LogP contribution is -2.32. The van der Waals surface area contributed by atoms with E-state index >= 15 is 0 Å². The molecule has 1 amide bonds. The minimum absolute atomic E-state index is 0.177.